The predicted molar refractivity (Wildman–Crippen MR) is 111 cm³/mol. The average molecular weight is 471 g/mol. The van der Waals surface area contributed by atoms with Crippen LogP contribution < -0.4 is 24.4 Å². The van der Waals surface area contributed by atoms with Gasteiger partial charge in [0.2, 0.25) is 0 Å². The van der Waals surface area contributed by atoms with Crippen molar-refractivity contribution in [3.8, 4) is 17.2 Å². The smallest absolute Gasteiger partial charge is 0.489 e. The molecule has 6 nitrogen and oxygen atoms in total. The zero-order chi connectivity index (χ0) is 22.2. The Balaban J connectivity index is 1.58. The van der Waals surface area contributed by atoms with E-state index in [-0.39, 0.29) is 16.5 Å². The number of nitrogens with zero attached hydrogens (tertiary/aromatic N) is 1. The predicted octanol–water partition coefficient (Wildman–Crippen LogP) is 4.66. The van der Waals surface area contributed by atoms with Gasteiger partial charge in [0.15, 0.2) is 16.6 Å². The second-order valence-corrected chi connectivity index (χ2v) is 7.34. The number of anilines is 1. The Kier molecular flexibility index (Phi) is 5.67. The summed E-state index contributed by atoms with van der Waals surface area (Å²) in [6.45, 7) is 0.968. The molecule has 0 radical (unpaired) electrons. The number of carbonyl (C=O) groups excluding carboxylic acids is 1. The first-order valence-electron chi connectivity index (χ1n) is 9.03. The van der Waals surface area contributed by atoms with Crippen molar-refractivity contribution in [2.75, 3.05) is 18.1 Å². The first-order chi connectivity index (χ1) is 14.7. The molecule has 1 amide bonds. The van der Waals surface area contributed by atoms with Crippen molar-refractivity contribution < 1.29 is 32.2 Å². The van der Waals surface area contributed by atoms with Gasteiger partial charge >= 0.3 is 6.36 Å². The maximum absolute atomic E-state index is 12.9. The lowest BCUT2D eigenvalue weighted by molar-refractivity contribution is -0.274. The zero-order valence-corrected chi connectivity index (χ0v) is 17.2. The molecule has 31 heavy (non-hydrogen) atoms. The molecule has 2 heterocycles. The fraction of sp³-hybridized carbons (Fsp3) is 0.200. The highest BCUT2D eigenvalue weighted by Gasteiger charge is 2.33. The molecule has 0 saturated carbocycles. The summed E-state index contributed by atoms with van der Waals surface area (Å²) in [6.07, 6.45) is -2.53. The van der Waals surface area contributed by atoms with Gasteiger partial charge in [0.1, 0.15) is 11.4 Å². The highest BCUT2D eigenvalue weighted by Crippen LogP contribution is 2.38. The molecule has 0 aliphatic carbocycles. The fourth-order valence-corrected chi connectivity index (χ4v) is 3.64. The number of amides is 1. The molecule has 4 rings (SSSR count). The van der Waals surface area contributed by atoms with Crippen LogP contribution in [0.1, 0.15) is 12.0 Å². The third-order valence-electron chi connectivity index (χ3n) is 4.34. The maximum Gasteiger partial charge on any atom is 0.573 e. The van der Waals surface area contributed by atoms with E-state index < -0.39 is 18.0 Å². The normalized spacial score (nSPS) is 17.5. The summed E-state index contributed by atoms with van der Waals surface area (Å²) in [4.78, 5) is 14.0. The first-order valence-corrected chi connectivity index (χ1v) is 9.82. The van der Waals surface area contributed by atoms with E-state index in [0.717, 1.165) is 18.6 Å². The van der Waals surface area contributed by atoms with Crippen LogP contribution in [0.2, 0.25) is 5.02 Å². The van der Waals surface area contributed by atoms with E-state index in [1.165, 1.54) is 17.0 Å². The van der Waals surface area contributed by atoms with Gasteiger partial charge in [0.05, 0.1) is 23.9 Å². The molecule has 1 fully saturated rings. The van der Waals surface area contributed by atoms with Gasteiger partial charge in [0.25, 0.3) is 5.91 Å². The fourth-order valence-electron chi connectivity index (χ4n) is 3.07. The summed E-state index contributed by atoms with van der Waals surface area (Å²) in [5.41, 5.74) is 1.05. The number of carbonyl (C=O) groups is 1. The van der Waals surface area contributed by atoms with Gasteiger partial charge in [-0.05, 0) is 60.3 Å². The number of fused-ring (bicyclic) bond motifs is 1. The number of hydrogen-bond acceptors (Lipinski definition) is 5. The van der Waals surface area contributed by atoms with Crippen molar-refractivity contribution in [1.82, 2.24) is 5.32 Å². The van der Waals surface area contributed by atoms with Crippen molar-refractivity contribution in [3.63, 3.8) is 0 Å². The van der Waals surface area contributed by atoms with Crippen LogP contribution in [0.4, 0.5) is 18.9 Å². The Morgan fingerprint density at radius 1 is 1.16 bits per heavy atom. The van der Waals surface area contributed by atoms with Crippen LogP contribution in [0.3, 0.4) is 0 Å². The molecule has 0 bridgehead atoms. The summed E-state index contributed by atoms with van der Waals surface area (Å²) in [5, 5.41) is 3.24. The molecular weight excluding hydrogens is 457 g/mol. The minimum Gasteiger partial charge on any atom is -0.489 e. The monoisotopic (exact) mass is 470 g/mol. The largest absolute Gasteiger partial charge is 0.573 e. The maximum atomic E-state index is 12.9. The molecule has 0 spiro atoms. The molecule has 0 atom stereocenters. The summed E-state index contributed by atoms with van der Waals surface area (Å²) in [6, 6.07) is 8.14. The summed E-state index contributed by atoms with van der Waals surface area (Å²) in [5.74, 6) is 0.0458. The van der Waals surface area contributed by atoms with Crippen LogP contribution in [-0.2, 0) is 4.79 Å². The number of hydrogen-bond donors (Lipinski definition) is 1. The van der Waals surface area contributed by atoms with E-state index in [9.17, 15) is 18.0 Å². The molecule has 2 aliphatic heterocycles. The average Bonchev–Trinajstić information content (AvgIpc) is 2.85. The number of rotatable bonds is 3. The van der Waals surface area contributed by atoms with Crippen LogP contribution in [0, 0.1) is 0 Å². The van der Waals surface area contributed by atoms with Gasteiger partial charge < -0.3 is 19.5 Å². The van der Waals surface area contributed by atoms with Crippen molar-refractivity contribution >= 4 is 46.6 Å². The lowest BCUT2D eigenvalue weighted by Crippen LogP contribution is -2.30. The van der Waals surface area contributed by atoms with Crippen molar-refractivity contribution in [3.05, 3.63) is 52.7 Å². The number of halogens is 4. The molecule has 1 N–H and O–H groups in total. The Hall–Kier alpha value is -2.98. The lowest BCUT2D eigenvalue weighted by atomic mass is 10.1. The number of nitrogens with one attached hydrogen (secondary N) is 1. The van der Waals surface area contributed by atoms with E-state index in [4.69, 9.17) is 33.3 Å². The molecule has 1 saturated heterocycles. The zero-order valence-electron chi connectivity index (χ0n) is 15.7. The van der Waals surface area contributed by atoms with Crippen LogP contribution in [0.5, 0.6) is 17.2 Å². The second-order valence-electron chi connectivity index (χ2n) is 6.55. The van der Waals surface area contributed by atoms with Crippen molar-refractivity contribution in [2.24, 2.45) is 0 Å². The topological polar surface area (TPSA) is 60.0 Å². The van der Waals surface area contributed by atoms with Crippen LogP contribution in [0.25, 0.3) is 6.08 Å². The third kappa shape index (κ3) is 4.70. The lowest BCUT2D eigenvalue weighted by Gasteiger charge is -2.15. The molecule has 11 heteroatoms. The van der Waals surface area contributed by atoms with E-state index >= 15 is 0 Å². The molecule has 162 valence electrons. The Labute approximate surface area is 185 Å². The standard InChI is InChI=1S/C20H14ClF3N2O4S/c21-14-8-11(10-16-17(14)29-7-1-6-28-16)9-15-18(27)26(19(31)25-15)12-2-4-13(5-3-12)30-20(22,23)24/h2-5,8-10H,1,6-7H2,(H,25,31)/b15-9+. The molecular formula is C20H14ClF3N2O4S. The van der Waals surface area contributed by atoms with Crippen LogP contribution in [-0.4, -0.2) is 30.6 Å². The summed E-state index contributed by atoms with van der Waals surface area (Å²) in [7, 11) is 0. The number of thiocarbonyl (C=S) groups is 1. The third-order valence-corrected chi connectivity index (χ3v) is 4.91. The SMILES string of the molecule is O=C1/C(=C\c2cc(Cl)c3c(c2)OCCCO3)NC(=S)N1c1ccc(OC(F)(F)F)cc1. The van der Waals surface area contributed by atoms with Crippen molar-refractivity contribution in [2.45, 2.75) is 12.8 Å². The highest BCUT2D eigenvalue weighted by molar-refractivity contribution is 7.80. The number of benzene rings is 2. The Morgan fingerprint density at radius 2 is 1.87 bits per heavy atom. The van der Waals surface area contributed by atoms with Crippen LogP contribution in [0.15, 0.2) is 42.1 Å². The summed E-state index contributed by atoms with van der Waals surface area (Å²) < 4.78 is 52.1. The molecule has 2 aromatic rings. The van der Waals surface area contributed by atoms with Gasteiger partial charge in [-0.3, -0.25) is 9.69 Å². The van der Waals surface area contributed by atoms with Gasteiger partial charge in [-0.2, -0.15) is 0 Å². The Bertz CT molecular complexity index is 1070. The van der Waals surface area contributed by atoms with Gasteiger partial charge in [-0.15, -0.1) is 13.2 Å². The molecule has 2 aliphatic rings. The minimum absolute atomic E-state index is 0.0844. The quantitative estimate of drug-likeness (QED) is 0.520. The first kappa shape index (κ1) is 21.3. The Morgan fingerprint density at radius 3 is 2.58 bits per heavy atom. The van der Waals surface area contributed by atoms with E-state index in [1.807, 2.05) is 0 Å². The van der Waals surface area contributed by atoms with Gasteiger partial charge in [-0.1, -0.05) is 11.6 Å². The van der Waals surface area contributed by atoms with Gasteiger partial charge in [-0.25, -0.2) is 0 Å². The number of alkyl halides is 3. The van der Waals surface area contributed by atoms with E-state index in [0.29, 0.717) is 35.3 Å². The highest BCUT2D eigenvalue weighted by atomic mass is 35.5. The molecule has 0 unspecified atom stereocenters. The second kappa shape index (κ2) is 8.27. The molecule has 2 aromatic carbocycles. The summed E-state index contributed by atoms with van der Waals surface area (Å²) >= 11 is 11.5. The number of ether oxygens (including phenoxy) is 3. The van der Waals surface area contributed by atoms with E-state index in [2.05, 4.69) is 10.1 Å². The minimum atomic E-state index is -4.80. The van der Waals surface area contributed by atoms with Crippen LogP contribution >= 0.6 is 23.8 Å². The molecule has 0 aromatic heterocycles. The van der Waals surface area contributed by atoms with E-state index in [1.54, 1.807) is 18.2 Å². The van der Waals surface area contributed by atoms with Gasteiger partial charge in [0, 0.05) is 6.42 Å². The van der Waals surface area contributed by atoms with Crippen molar-refractivity contribution in [1.29, 1.82) is 0 Å².